The summed E-state index contributed by atoms with van der Waals surface area (Å²) in [5.41, 5.74) is 0. The van der Waals surface area contributed by atoms with Gasteiger partial charge in [-0.05, 0) is 13.0 Å². The largest absolute Gasteiger partial charge is 0.469 e. The van der Waals surface area contributed by atoms with Crippen LogP contribution in [0.4, 0.5) is 4.79 Å². The van der Waals surface area contributed by atoms with Crippen LogP contribution in [0.3, 0.4) is 0 Å². The van der Waals surface area contributed by atoms with Crippen LogP contribution < -0.4 is 10.6 Å². The zero-order chi connectivity index (χ0) is 13.5. The highest BCUT2D eigenvalue weighted by Crippen LogP contribution is 2.17. The molecular formula is C11H19N3O4. The lowest BCUT2D eigenvalue weighted by molar-refractivity contribution is -0.144. The summed E-state index contributed by atoms with van der Waals surface area (Å²) in [6.45, 7) is 1.92. The Kier molecular flexibility index (Phi) is 5.57. The van der Waals surface area contributed by atoms with Gasteiger partial charge in [-0.3, -0.25) is 14.9 Å². The molecule has 18 heavy (non-hydrogen) atoms. The second-order valence-electron chi connectivity index (χ2n) is 4.19. The summed E-state index contributed by atoms with van der Waals surface area (Å²) in [6.07, 6.45) is 0.991. The van der Waals surface area contributed by atoms with Crippen molar-refractivity contribution in [2.75, 3.05) is 33.8 Å². The van der Waals surface area contributed by atoms with E-state index in [-0.39, 0.29) is 24.2 Å². The molecule has 1 aliphatic heterocycles. The molecule has 1 saturated heterocycles. The van der Waals surface area contributed by atoms with Crippen molar-refractivity contribution in [3.05, 3.63) is 0 Å². The van der Waals surface area contributed by atoms with E-state index in [1.54, 1.807) is 0 Å². The number of methoxy groups -OCH3 is 1. The molecular weight excluding hydrogens is 238 g/mol. The van der Waals surface area contributed by atoms with Crippen LogP contribution in [0.1, 0.15) is 12.8 Å². The highest BCUT2D eigenvalue weighted by Gasteiger charge is 2.28. The first-order valence-corrected chi connectivity index (χ1v) is 5.88. The average Bonchev–Trinajstić information content (AvgIpc) is 2.84. The molecule has 0 aromatic heterocycles. The van der Waals surface area contributed by atoms with Crippen molar-refractivity contribution >= 4 is 17.9 Å². The van der Waals surface area contributed by atoms with E-state index in [9.17, 15) is 14.4 Å². The first kappa shape index (κ1) is 14.4. The van der Waals surface area contributed by atoms with E-state index >= 15 is 0 Å². The molecule has 0 spiro atoms. The fourth-order valence-electron chi connectivity index (χ4n) is 1.91. The number of likely N-dealkylation sites (tertiary alicyclic amines) is 1. The summed E-state index contributed by atoms with van der Waals surface area (Å²) >= 11 is 0. The third-order valence-electron chi connectivity index (χ3n) is 2.94. The Morgan fingerprint density at radius 2 is 2.11 bits per heavy atom. The minimum atomic E-state index is -0.506. The summed E-state index contributed by atoms with van der Waals surface area (Å²) in [7, 11) is 2.83. The Balaban J connectivity index is 2.23. The van der Waals surface area contributed by atoms with Gasteiger partial charge in [0.15, 0.2) is 0 Å². The molecule has 0 aliphatic carbocycles. The summed E-state index contributed by atoms with van der Waals surface area (Å²) in [6, 6.07) is -0.506. The fourth-order valence-corrected chi connectivity index (χ4v) is 1.91. The first-order chi connectivity index (χ1) is 8.56. The monoisotopic (exact) mass is 257 g/mol. The Morgan fingerprint density at radius 1 is 1.39 bits per heavy atom. The van der Waals surface area contributed by atoms with Crippen LogP contribution in [0.25, 0.3) is 0 Å². The number of nitrogens with zero attached hydrogens (tertiary/aromatic N) is 1. The number of carbonyl (C=O) groups excluding carboxylic acids is 3. The van der Waals surface area contributed by atoms with Crippen LogP contribution in [0.15, 0.2) is 0 Å². The third kappa shape index (κ3) is 4.33. The van der Waals surface area contributed by atoms with Crippen LogP contribution in [0.5, 0.6) is 0 Å². The standard InChI is InChI=1S/C11H19N3O4/c1-12-11(17)13-9(15)4-6-14-5-3-8(7-14)10(16)18-2/h8H,3-7H2,1-2H3,(H2,12,13,15,17). The molecule has 1 atom stereocenters. The predicted octanol–water partition coefficient (Wildman–Crippen LogP) is -0.673. The number of hydrogen-bond donors (Lipinski definition) is 2. The number of hydrogen-bond acceptors (Lipinski definition) is 5. The Labute approximate surface area is 106 Å². The van der Waals surface area contributed by atoms with Crippen LogP contribution in [0, 0.1) is 5.92 Å². The van der Waals surface area contributed by atoms with Crippen molar-refractivity contribution in [1.29, 1.82) is 0 Å². The SMILES string of the molecule is CNC(=O)NC(=O)CCN1CCC(C(=O)OC)C1. The number of rotatable bonds is 4. The molecule has 1 aliphatic rings. The zero-order valence-corrected chi connectivity index (χ0v) is 10.7. The third-order valence-corrected chi connectivity index (χ3v) is 2.94. The lowest BCUT2D eigenvalue weighted by Crippen LogP contribution is -2.39. The molecule has 7 heteroatoms. The number of esters is 1. The molecule has 0 aromatic rings. The van der Waals surface area contributed by atoms with Crippen molar-refractivity contribution in [2.45, 2.75) is 12.8 Å². The Morgan fingerprint density at radius 3 is 2.72 bits per heavy atom. The fraction of sp³-hybridized carbons (Fsp3) is 0.727. The van der Waals surface area contributed by atoms with Gasteiger partial charge in [-0.1, -0.05) is 0 Å². The number of carbonyl (C=O) groups is 3. The molecule has 0 saturated carbocycles. The van der Waals surface area contributed by atoms with E-state index in [0.717, 1.165) is 13.0 Å². The first-order valence-electron chi connectivity index (χ1n) is 5.88. The second kappa shape index (κ2) is 6.95. The van der Waals surface area contributed by atoms with Crippen LogP contribution in [-0.2, 0) is 14.3 Å². The maximum atomic E-state index is 11.4. The lowest BCUT2D eigenvalue weighted by atomic mass is 10.1. The quantitative estimate of drug-likeness (QED) is 0.652. The van der Waals surface area contributed by atoms with Gasteiger partial charge in [0.2, 0.25) is 5.91 Å². The molecule has 0 aromatic carbocycles. The van der Waals surface area contributed by atoms with E-state index in [2.05, 4.69) is 15.4 Å². The molecule has 1 rings (SSSR count). The van der Waals surface area contributed by atoms with E-state index in [1.807, 2.05) is 4.90 Å². The molecule has 0 bridgehead atoms. The molecule has 0 radical (unpaired) electrons. The van der Waals surface area contributed by atoms with Gasteiger partial charge < -0.3 is 15.0 Å². The van der Waals surface area contributed by atoms with E-state index in [0.29, 0.717) is 13.1 Å². The van der Waals surface area contributed by atoms with Crippen molar-refractivity contribution in [3.8, 4) is 0 Å². The zero-order valence-electron chi connectivity index (χ0n) is 10.7. The van der Waals surface area contributed by atoms with Gasteiger partial charge in [0.05, 0.1) is 13.0 Å². The highest BCUT2D eigenvalue weighted by molar-refractivity contribution is 5.94. The van der Waals surface area contributed by atoms with Crippen LogP contribution in [0.2, 0.25) is 0 Å². The van der Waals surface area contributed by atoms with Crippen LogP contribution in [-0.4, -0.2) is 56.6 Å². The number of urea groups is 1. The Bertz CT molecular complexity index is 332. The highest BCUT2D eigenvalue weighted by atomic mass is 16.5. The second-order valence-corrected chi connectivity index (χ2v) is 4.19. The molecule has 102 valence electrons. The molecule has 3 amide bonds. The van der Waals surface area contributed by atoms with Crippen molar-refractivity contribution < 1.29 is 19.1 Å². The Hall–Kier alpha value is -1.63. The smallest absolute Gasteiger partial charge is 0.321 e. The number of amides is 3. The number of ether oxygens (including phenoxy) is 1. The number of nitrogens with one attached hydrogen (secondary N) is 2. The molecule has 1 unspecified atom stereocenters. The van der Waals surface area contributed by atoms with Crippen molar-refractivity contribution in [1.82, 2.24) is 15.5 Å². The van der Waals surface area contributed by atoms with E-state index < -0.39 is 6.03 Å². The molecule has 7 nitrogen and oxygen atoms in total. The minimum Gasteiger partial charge on any atom is -0.469 e. The maximum Gasteiger partial charge on any atom is 0.321 e. The van der Waals surface area contributed by atoms with Gasteiger partial charge in [0.1, 0.15) is 0 Å². The normalized spacial score (nSPS) is 19.3. The van der Waals surface area contributed by atoms with Gasteiger partial charge >= 0.3 is 12.0 Å². The number of imide groups is 1. The molecule has 1 fully saturated rings. The average molecular weight is 257 g/mol. The van der Waals surface area contributed by atoms with Gasteiger partial charge in [-0.2, -0.15) is 0 Å². The van der Waals surface area contributed by atoms with E-state index in [1.165, 1.54) is 14.2 Å². The summed E-state index contributed by atoms with van der Waals surface area (Å²) in [5, 5.41) is 4.50. The summed E-state index contributed by atoms with van der Waals surface area (Å²) < 4.78 is 4.68. The molecule has 1 heterocycles. The van der Waals surface area contributed by atoms with E-state index in [4.69, 9.17) is 0 Å². The summed E-state index contributed by atoms with van der Waals surface area (Å²) in [5.74, 6) is -0.625. The molecule has 2 N–H and O–H groups in total. The van der Waals surface area contributed by atoms with Gasteiger partial charge in [0, 0.05) is 26.6 Å². The van der Waals surface area contributed by atoms with Gasteiger partial charge in [0.25, 0.3) is 0 Å². The van der Waals surface area contributed by atoms with Crippen LogP contribution >= 0.6 is 0 Å². The van der Waals surface area contributed by atoms with Crippen molar-refractivity contribution in [2.24, 2.45) is 5.92 Å². The van der Waals surface area contributed by atoms with Gasteiger partial charge in [-0.25, -0.2) is 4.79 Å². The predicted molar refractivity (Wildman–Crippen MR) is 63.8 cm³/mol. The minimum absolute atomic E-state index is 0.1000. The summed E-state index contributed by atoms with van der Waals surface area (Å²) in [4.78, 5) is 35.6. The lowest BCUT2D eigenvalue weighted by Gasteiger charge is -2.14. The topological polar surface area (TPSA) is 87.7 Å². The maximum absolute atomic E-state index is 11.4. The van der Waals surface area contributed by atoms with Crippen molar-refractivity contribution in [3.63, 3.8) is 0 Å². The van der Waals surface area contributed by atoms with Gasteiger partial charge in [-0.15, -0.1) is 0 Å².